The highest BCUT2D eigenvalue weighted by Gasteiger charge is 2.43. The quantitative estimate of drug-likeness (QED) is 0.476. The molecule has 4 heteroatoms. The molecule has 0 amide bonds. The SMILES string of the molecule is O[C@H]([C@@H]1CO1)[C@H](O)C1CO1. The summed E-state index contributed by atoms with van der Waals surface area (Å²) in [7, 11) is 0. The molecule has 58 valence electrons. The first-order chi connectivity index (χ1) is 4.79. The summed E-state index contributed by atoms with van der Waals surface area (Å²) in [5.41, 5.74) is 0. The van der Waals surface area contributed by atoms with Gasteiger partial charge in [0.2, 0.25) is 0 Å². The number of hydrogen-bond donors (Lipinski definition) is 2. The van der Waals surface area contributed by atoms with Crippen LogP contribution in [0.2, 0.25) is 0 Å². The van der Waals surface area contributed by atoms with E-state index < -0.39 is 12.2 Å². The molecule has 0 aromatic rings. The summed E-state index contributed by atoms with van der Waals surface area (Å²) in [5, 5.41) is 18.4. The Bertz CT molecular complexity index is 114. The van der Waals surface area contributed by atoms with Gasteiger partial charge >= 0.3 is 0 Å². The fourth-order valence-corrected chi connectivity index (χ4v) is 0.945. The van der Waals surface area contributed by atoms with Crippen molar-refractivity contribution >= 4 is 0 Å². The van der Waals surface area contributed by atoms with Crippen LogP contribution in [-0.2, 0) is 9.47 Å². The number of rotatable bonds is 3. The molecule has 1 unspecified atom stereocenters. The van der Waals surface area contributed by atoms with Gasteiger partial charge in [-0.05, 0) is 0 Å². The van der Waals surface area contributed by atoms with Crippen LogP contribution in [0.25, 0.3) is 0 Å². The Morgan fingerprint density at radius 3 is 1.50 bits per heavy atom. The molecule has 0 radical (unpaired) electrons. The predicted molar refractivity (Wildman–Crippen MR) is 31.5 cm³/mol. The minimum Gasteiger partial charge on any atom is -0.388 e. The van der Waals surface area contributed by atoms with Crippen LogP contribution in [0.15, 0.2) is 0 Å². The molecule has 10 heavy (non-hydrogen) atoms. The molecule has 2 N–H and O–H groups in total. The third-order valence-electron chi connectivity index (χ3n) is 1.83. The molecule has 0 saturated carbocycles. The van der Waals surface area contributed by atoms with Gasteiger partial charge in [-0.25, -0.2) is 0 Å². The smallest absolute Gasteiger partial charge is 0.111 e. The fourth-order valence-electron chi connectivity index (χ4n) is 0.945. The van der Waals surface area contributed by atoms with Crippen LogP contribution in [-0.4, -0.2) is 47.8 Å². The summed E-state index contributed by atoms with van der Waals surface area (Å²) in [6.45, 7) is 1.12. The highest BCUT2D eigenvalue weighted by atomic mass is 16.6. The molecule has 2 fully saturated rings. The van der Waals surface area contributed by atoms with Crippen LogP contribution in [0.1, 0.15) is 0 Å². The zero-order valence-corrected chi connectivity index (χ0v) is 5.43. The third-order valence-corrected chi connectivity index (χ3v) is 1.83. The van der Waals surface area contributed by atoms with Crippen molar-refractivity contribution in [2.24, 2.45) is 0 Å². The fraction of sp³-hybridized carbons (Fsp3) is 1.00. The molecule has 0 aromatic heterocycles. The van der Waals surface area contributed by atoms with Crippen LogP contribution in [0.5, 0.6) is 0 Å². The molecule has 0 aliphatic carbocycles. The van der Waals surface area contributed by atoms with Gasteiger partial charge in [0, 0.05) is 0 Å². The maximum absolute atomic E-state index is 9.21. The summed E-state index contributed by atoms with van der Waals surface area (Å²) < 4.78 is 9.61. The Balaban J connectivity index is 1.83. The molecule has 2 aliphatic heterocycles. The van der Waals surface area contributed by atoms with Crippen molar-refractivity contribution in [3.63, 3.8) is 0 Å². The zero-order valence-electron chi connectivity index (χ0n) is 5.43. The molecule has 2 rings (SSSR count). The highest BCUT2D eigenvalue weighted by molar-refractivity contribution is 4.91. The van der Waals surface area contributed by atoms with Crippen LogP contribution in [0, 0.1) is 0 Å². The molecule has 0 aromatic carbocycles. The summed E-state index contributed by atoms with van der Waals surface area (Å²) in [6.07, 6.45) is -1.82. The number of ether oxygens (including phenoxy) is 2. The third kappa shape index (κ3) is 1.15. The van der Waals surface area contributed by atoms with Crippen molar-refractivity contribution < 1.29 is 19.7 Å². The van der Waals surface area contributed by atoms with Crippen LogP contribution >= 0.6 is 0 Å². The van der Waals surface area contributed by atoms with Crippen molar-refractivity contribution in [3.8, 4) is 0 Å². The van der Waals surface area contributed by atoms with E-state index in [-0.39, 0.29) is 12.2 Å². The maximum atomic E-state index is 9.21. The lowest BCUT2D eigenvalue weighted by Gasteiger charge is -2.12. The van der Waals surface area contributed by atoms with Crippen LogP contribution < -0.4 is 0 Å². The summed E-state index contributed by atoms with van der Waals surface area (Å²) in [5.74, 6) is 0. The molecule has 2 heterocycles. The minimum atomic E-state index is -0.757. The van der Waals surface area contributed by atoms with Gasteiger partial charge in [0.1, 0.15) is 24.4 Å². The number of aliphatic hydroxyl groups excluding tert-OH is 2. The van der Waals surface area contributed by atoms with Crippen molar-refractivity contribution in [2.75, 3.05) is 13.2 Å². The molecule has 0 bridgehead atoms. The van der Waals surface area contributed by atoms with E-state index in [9.17, 15) is 10.2 Å². The van der Waals surface area contributed by atoms with Gasteiger partial charge in [0.05, 0.1) is 13.2 Å². The second-order valence-corrected chi connectivity index (χ2v) is 2.72. The van der Waals surface area contributed by atoms with E-state index >= 15 is 0 Å². The standard InChI is InChI=1S/C6H10O4/c7-5(3-1-9-3)6(8)4-2-10-4/h3-8H,1-2H2/t3-,4?,5+,6+/m0/s1. The van der Waals surface area contributed by atoms with Crippen molar-refractivity contribution in [1.82, 2.24) is 0 Å². The van der Waals surface area contributed by atoms with Crippen molar-refractivity contribution in [1.29, 1.82) is 0 Å². The van der Waals surface area contributed by atoms with Gasteiger partial charge in [-0.15, -0.1) is 0 Å². The van der Waals surface area contributed by atoms with Gasteiger partial charge in [-0.2, -0.15) is 0 Å². The van der Waals surface area contributed by atoms with Gasteiger partial charge < -0.3 is 19.7 Å². The van der Waals surface area contributed by atoms with E-state index in [4.69, 9.17) is 9.47 Å². The first-order valence-corrected chi connectivity index (χ1v) is 3.38. The zero-order chi connectivity index (χ0) is 7.14. The van der Waals surface area contributed by atoms with Gasteiger partial charge in [-0.1, -0.05) is 0 Å². The monoisotopic (exact) mass is 146 g/mol. The van der Waals surface area contributed by atoms with Crippen LogP contribution in [0.3, 0.4) is 0 Å². The normalized spacial score (nSPS) is 42.6. The molecular weight excluding hydrogens is 136 g/mol. The first kappa shape index (κ1) is 6.54. The summed E-state index contributed by atoms with van der Waals surface area (Å²) in [4.78, 5) is 0. The van der Waals surface area contributed by atoms with E-state index in [1.165, 1.54) is 0 Å². The van der Waals surface area contributed by atoms with Crippen molar-refractivity contribution in [2.45, 2.75) is 24.4 Å². The molecule has 0 spiro atoms. The Labute approximate surface area is 58.4 Å². The second-order valence-electron chi connectivity index (χ2n) is 2.72. The number of aliphatic hydroxyl groups is 2. The lowest BCUT2D eigenvalue weighted by molar-refractivity contribution is -0.0116. The Kier molecular flexibility index (Phi) is 1.42. The van der Waals surface area contributed by atoms with E-state index in [0.717, 1.165) is 0 Å². The molecule has 2 saturated heterocycles. The predicted octanol–water partition coefficient (Wildman–Crippen LogP) is -1.49. The maximum Gasteiger partial charge on any atom is 0.111 e. The Morgan fingerprint density at radius 2 is 1.30 bits per heavy atom. The summed E-state index contributed by atoms with van der Waals surface area (Å²) >= 11 is 0. The van der Waals surface area contributed by atoms with E-state index in [2.05, 4.69) is 0 Å². The van der Waals surface area contributed by atoms with Crippen molar-refractivity contribution in [3.05, 3.63) is 0 Å². The van der Waals surface area contributed by atoms with Gasteiger partial charge in [0.25, 0.3) is 0 Å². The molecule has 4 atom stereocenters. The molecular formula is C6H10O4. The number of epoxide rings is 2. The average Bonchev–Trinajstić information content (AvgIpc) is 2.73. The van der Waals surface area contributed by atoms with Gasteiger partial charge in [0.15, 0.2) is 0 Å². The average molecular weight is 146 g/mol. The Morgan fingerprint density at radius 1 is 1.00 bits per heavy atom. The molecule has 4 nitrogen and oxygen atoms in total. The van der Waals surface area contributed by atoms with E-state index in [0.29, 0.717) is 13.2 Å². The van der Waals surface area contributed by atoms with E-state index in [1.54, 1.807) is 0 Å². The Hall–Kier alpha value is -0.160. The second kappa shape index (κ2) is 2.17. The molecule has 2 aliphatic rings. The van der Waals surface area contributed by atoms with E-state index in [1.807, 2.05) is 0 Å². The number of hydrogen-bond acceptors (Lipinski definition) is 4. The summed E-state index contributed by atoms with van der Waals surface area (Å²) in [6, 6.07) is 0. The highest BCUT2D eigenvalue weighted by Crippen LogP contribution is 2.23. The lowest BCUT2D eigenvalue weighted by atomic mass is 10.1. The first-order valence-electron chi connectivity index (χ1n) is 3.38. The van der Waals surface area contributed by atoms with Crippen LogP contribution in [0.4, 0.5) is 0 Å². The topological polar surface area (TPSA) is 65.5 Å². The largest absolute Gasteiger partial charge is 0.388 e. The van der Waals surface area contributed by atoms with Gasteiger partial charge in [-0.3, -0.25) is 0 Å². The lowest BCUT2D eigenvalue weighted by Crippen LogP contribution is -2.35. The minimum absolute atomic E-state index is 0.154.